The van der Waals surface area contributed by atoms with E-state index in [4.69, 9.17) is 0 Å². The SMILES string of the molecule is CNS(=O)(=O)c1ccc(C(C)=NNc2cc(NN=C(C)c3ccc(S(=O)(=O)NC)cc3)nc(Nc3ccc(F)c(F)c3)n2)cc1. The molecule has 3 aromatic carbocycles. The van der Waals surface area contributed by atoms with Crippen molar-refractivity contribution in [3.63, 3.8) is 0 Å². The summed E-state index contributed by atoms with van der Waals surface area (Å²) in [7, 11) is -4.54. The Kier molecular flexibility index (Phi) is 10.2. The highest BCUT2D eigenvalue weighted by Gasteiger charge is 2.13. The van der Waals surface area contributed by atoms with E-state index in [0.29, 0.717) is 22.6 Å². The number of hydrogen-bond donors (Lipinski definition) is 5. The lowest BCUT2D eigenvalue weighted by molar-refractivity contribution is 0.509. The topological polar surface area (TPSA) is 179 Å². The summed E-state index contributed by atoms with van der Waals surface area (Å²) in [6.45, 7) is 3.41. The Hall–Kier alpha value is -4.84. The fourth-order valence-electron chi connectivity index (χ4n) is 3.72. The Bertz CT molecular complexity index is 1860. The van der Waals surface area contributed by atoms with E-state index >= 15 is 0 Å². The van der Waals surface area contributed by atoms with Gasteiger partial charge in [-0.05, 0) is 75.5 Å². The zero-order valence-electron chi connectivity index (χ0n) is 24.4. The lowest BCUT2D eigenvalue weighted by atomic mass is 10.1. The van der Waals surface area contributed by atoms with Crippen LogP contribution in [0.4, 0.5) is 32.1 Å². The molecule has 1 aromatic heterocycles. The minimum Gasteiger partial charge on any atom is -0.324 e. The summed E-state index contributed by atoms with van der Waals surface area (Å²) in [5.41, 5.74) is 8.09. The van der Waals surface area contributed by atoms with Crippen molar-refractivity contribution in [2.45, 2.75) is 23.6 Å². The minimum atomic E-state index is -3.59. The van der Waals surface area contributed by atoms with Crippen molar-refractivity contribution in [2.24, 2.45) is 10.2 Å². The first-order chi connectivity index (χ1) is 21.3. The second kappa shape index (κ2) is 13.9. The van der Waals surface area contributed by atoms with Crippen molar-refractivity contribution < 1.29 is 25.6 Å². The molecule has 17 heteroatoms. The summed E-state index contributed by atoms with van der Waals surface area (Å²) >= 11 is 0. The molecule has 0 aliphatic carbocycles. The fourth-order valence-corrected chi connectivity index (χ4v) is 5.18. The van der Waals surface area contributed by atoms with Crippen molar-refractivity contribution in [1.29, 1.82) is 0 Å². The quantitative estimate of drug-likeness (QED) is 0.111. The number of sulfonamides is 2. The van der Waals surface area contributed by atoms with Crippen LogP contribution in [0.5, 0.6) is 0 Å². The molecule has 0 aliphatic rings. The van der Waals surface area contributed by atoms with Crippen molar-refractivity contribution in [2.75, 3.05) is 30.3 Å². The largest absolute Gasteiger partial charge is 0.324 e. The number of rotatable bonds is 12. The molecule has 0 saturated carbocycles. The Balaban J connectivity index is 1.60. The number of halogens is 2. The maximum atomic E-state index is 13.8. The first-order valence-electron chi connectivity index (χ1n) is 13.1. The minimum absolute atomic E-state index is 0.00235. The van der Waals surface area contributed by atoms with Crippen molar-refractivity contribution >= 4 is 54.7 Å². The molecule has 4 rings (SSSR count). The van der Waals surface area contributed by atoms with Crippen molar-refractivity contribution in [3.05, 3.63) is 95.6 Å². The highest BCUT2D eigenvalue weighted by molar-refractivity contribution is 7.89. The number of nitrogens with zero attached hydrogens (tertiary/aromatic N) is 4. The standard InChI is InChI=1S/C28H29F2N9O4S2/c1-17(19-5-10-22(11-6-19)44(40,41)31-3)36-38-26-16-27(35-28(34-26)33-21-9-14-24(29)25(30)15-21)39-37-18(2)20-7-12-23(13-8-20)45(42,43)32-4/h5-16,31-32H,1-4H3,(H3,33,34,35,38,39). The number of hydrazone groups is 2. The van der Waals surface area contributed by atoms with E-state index in [-0.39, 0.29) is 33.1 Å². The number of nitrogens with one attached hydrogen (secondary N) is 5. The van der Waals surface area contributed by atoms with Crippen LogP contribution in [0.1, 0.15) is 25.0 Å². The molecule has 4 aromatic rings. The summed E-state index contributed by atoms with van der Waals surface area (Å²) in [5.74, 6) is -1.68. The van der Waals surface area contributed by atoms with Gasteiger partial charge in [-0.2, -0.15) is 20.2 Å². The molecule has 0 saturated heterocycles. The van der Waals surface area contributed by atoms with Gasteiger partial charge in [-0.25, -0.2) is 35.1 Å². The lowest BCUT2D eigenvalue weighted by Gasteiger charge is -2.11. The van der Waals surface area contributed by atoms with Crippen LogP contribution in [0, 0.1) is 11.6 Å². The Morgan fingerprint density at radius 2 is 1.09 bits per heavy atom. The number of benzene rings is 3. The number of hydrogen-bond acceptors (Lipinski definition) is 11. The van der Waals surface area contributed by atoms with Gasteiger partial charge in [0.2, 0.25) is 26.0 Å². The van der Waals surface area contributed by atoms with Crippen LogP contribution >= 0.6 is 0 Å². The van der Waals surface area contributed by atoms with Gasteiger partial charge in [-0.3, -0.25) is 10.9 Å². The average Bonchev–Trinajstić information content (AvgIpc) is 3.04. The monoisotopic (exact) mass is 657 g/mol. The third kappa shape index (κ3) is 8.42. The zero-order chi connectivity index (χ0) is 32.8. The van der Waals surface area contributed by atoms with E-state index < -0.39 is 31.7 Å². The van der Waals surface area contributed by atoms with E-state index in [1.165, 1.54) is 50.5 Å². The van der Waals surface area contributed by atoms with Crippen LogP contribution in [0.15, 0.2) is 92.8 Å². The molecule has 13 nitrogen and oxygen atoms in total. The molecule has 236 valence electrons. The molecular weight excluding hydrogens is 628 g/mol. The first-order valence-corrected chi connectivity index (χ1v) is 16.1. The molecule has 0 amide bonds. The van der Waals surface area contributed by atoms with Gasteiger partial charge in [0.15, 0.2) is 23.3 Å². The summed E-state index contributed by atoms with van der Waals surface area (Å²) in [6.07, 6.45) is 0. The maximum absolute atomic E-state index is 13.8. The number of aromatic nitrogens is 2. The van der Waals surface area contributed by atoms with Gasteiger partial charge >= 0.3 is 0 Å². The van der Waals surface area contributed by atoms with Gasteiger partial charge in [-0.15, -0.1) is 0 Å². The summed E-state index contributed by atoms with van der Waals surface area (Å²) in [4.78, 5) is 8.87. The highest BCUT2D eigenvalue weighted by Crippen LogP contribution is 2.21. The summed E-state index contributed by atoms with van der Waals surface area (Å²) in [6, 6.07) is 16.9. The van der Waals surface area contributed by atoms with E-state index in [1.54, 1.807) is 38.1 Å². The van der Waals surface area contributed by atoms with Gasteiger partial charge in [-0.1, -0.05) is 24.3 Å². The van der Waals surface area contributed by atoms with Gasteiger partial charge in [0.1, 0.15) is 0 Å². The zero-order valence-corrected chi connectivity index (χ0v) is 26.1. The molecule has 1 heterocycles. The van der Waals surface area contributed by atoms with E-state index in [1.807, 2.05) is 0 Å². The Labute approximate surface area is 259 Å². The molecule has 0 atom stereocenters. The van der Waals surface area contributed by atoms with Gasteiger partial charge in [0.25, 0.3) is 0 Å². The second-order valence-corrected chi connectivity index (χ2v) is 13.1. The molecular formula is C28H29F2N9O4S2. The lowest BCUT2D eigenvalue weighted by Crippen LogP contribution is -2.18. The van der Waals surface area contributed by atoms with Gasteiger partial charge in [0.05, 0.1) is 21.2 Å². The Morgan fingerprint density at radius 1 is 0.644 bits per heavy atom. The predicted molar refractivity (Wildman–Crippen MR) is 169 cm³/mol. The van der Waals surface area contributed by atoms with Crippen molar-refractivity contribution in [3.8, 4) is 0 Å². The fraction of sp³-hybridized carbons (Fsp3) is 0.143. The Morgan fingerprint density at radius 3 is 1.49 bits per heavy atom. The molecule has 0 aliphatic heterocycles. The third-order valence-corrected chi connectivity index (χ3v) is 9.14. The van der Waals surface area contributed by atoms with E-state index in [0.717, 1.165) is 12.1 Å². The molecule has 45 heavy (non-hydrogen) atoms. The van der Waals surface area contributed by atoms with Crippen molar-refractivity contribution in [1.82, 2.24) is 19.4 Å². The van der Waals surface area contributed by atoms with Crippen LogP contribution in [0.3, 0.4) is 0 Å². The predicted octanol–water partition coefficient (Wildman–Crippen LogP) is 3.99. The van der Waals surface area contributed by atoms with Gasteiger partial charge < -0.3 is 5.32 Å². The highest BCUT2D eigenvalue weighted by atomic mass is 32.2. The van der Waals surface area contributed by atoms with Crippen LogP contribution < -0.4 is 25.6 Å². The van der Waals surface area contributed by atoms with Crippen LogP contribution in [-0.2, 0) is 20.0 Å². The van der Waals surface area contributed by atoms with Crippen LogP contribution in [-0.4, -0.2) is 52.3 Å². The molecule has 0 radical (unpaired) electrons. The summed E-state index contributed by atoms with van der Waals surface area (Å²) < 4.78 is 79.8. The maximum Gasteiger partial charge on any atom is 0.240 e. The van der Waals surface area contributed by atoms with E-state index in [2.05, 4.69) is 45.8 Å². The molecule has 5 N–H and O–H groups in total. The normalized spacial score (nSPS) is 12.6. The van der Waals surface area contributed by atoms with Crippen LogP contribution in [0.25, 0.3) is 0 Å². The second-order valence-electron chi connectivity index (χ2n) is 9.30. The molecule has 0 unspecified atom stereocenters. The van der Waals surface area contributed by atoms with E-state index in [9.17, 15) is 25.6 Å². The van der Waals surface area contributed by atoms with Crippen LogP contribution in [0.2, 0.25) is 0 Å². The molecule has 0 bridgehead atoms. The third-order valence-electron chi connectivity index (χ3n) is 6.28. The number of anilines is 4. The molecule has 0 spiro atoms. The summed E-state index contributed by atoms with van der Waals surface area (Å²) in [5, 5.41) is 11.5. The first kappa shape index (κ1) is 33.1. The van der Waals surface area contributed by atoms with Gasteiger partial charge in [0, 0.05) is 17.8 Å². The smallest absolute Gasteiger partial charge is 0.240 e. The average molecular weight is 658 g/mol. The molecule has 0 fully saturated rings.